The molecule has 1 amide bonds. The number of anilines is 1. The molecule has 0 atom stereocenters. The van der Waals surface area contributed by atoms with Crippen LogP contribution in [0.25, 0.3) is 0 Å². The van der Waals surface area contributed by atoms with Crippen molar-refractivity contribution in [2.45, 2.75) is 19.4 Å². The van der Waals surface area contributed by atoms with Crippen molar-refractivity contribution in [1.82, 2.24) is 14.7 Å². The van der Waals surface area contributed by atoms with Gasteiger partial charge in [-0.3, -0.25) is 9.48 Å². The Hall–Kier alpha value is -1.96. The minimum Gasteiger partial charge on any atom is -0.382 e. The van der Waals surface area contributed by atoms with Crippen LogP contribution in [0.1, 0.15) is 12.8 Å². The van der Waals surface area contributed by atoms with Gasteiger partial charge in [0.25, 0.3) is 0 Å². The van der Waals surface area contributed by atoms with Gasteiger partial charge in [0.05, 0.1) is 6.54 Å². The first kappa shape index (κ1) is 11.5. The van der Waals surface area contributed by atoms with Crippen LogP contribution in [0.15, 0.2) is 12.3 Å². The molecule has 0 bridgehead atoms. The lowest BCUT2D eigenvalue weighted by Crippen LogP contribution is -2.36. The van der Waals surface area contributed by atoms with E-state index in [1.54, 1.807) is 17.2 Å². The number of nitrogen functional groups attached to an aromatic ring is 1. The van der Waals surface area contributed by atoms with Crippen LogP contribution in [0.2, 0.25) is 0 Å². The molecule has 0 spiro atoms. The summed E-state index contributed by atoms with van der Waals surface area (Å²) in [5.74, 6) is 3.58. The first-order chi connectivity index (χ1) is 8.19. The van der Waals surface area contributed by atoms with Gasteiger partial charge in [0, 0.05) is 12.7 Å². The van der Waals surface area contributed by atoms with Crippen molar-refractivity contribution in [2.75, 3.05) is 18.8 Å². The highest BCUT2D eigenvalue weighted by Crippen LogP contribution is 2.29. The summed E-state index contributed by atoms with van der Waals surface area (Å²) in [6, 6.07) is 1.67. The van der Waals surface area contributed by atoms with Crippen molar-refractivity contribution >= 4 is 11.7 Å². The highest BCUT2D eigenvalue weighted by molar-refractivity contribution is 5.76. The van der Waals surface area contributed by atoms with Gasteiger partial charge in [-0.1, -0.05) is 5.92 Å². The third-order valence-electron chi connectivity index (χ3n) is 2.77. The summed E-state index contributed by atoms with van der Waals surface area (Å²) in [4.78, 5) is 13.7. The van der Waals surface area contributed by atoms with Gasteiger partial charge in [0.1, 0.15) is 12.4 Å². The third-order valence-corrected chi connectivity index (χ3v) is 2.77. The van der Waals surface area contributed by atoms with Crippen LogP contribution >= 0.6 is 0 Å². The van der Waals surface area contributed by atoms with Gasteiger partial charge in [-0.2, -0.15) is 5.10 Å². The van der Waals surface area contributed by atoms with Crippen LogP contribution in [0.3, 0.4) is 0 Å². The maximum Gasteiger partial charge on any atom is 0.245 e. The van der Waals surface area contributed by atoms with E-state index in [2.05, 4.69) is 11.0 Å². The minimum absolute atomic E-state index is 0.00190. The van der Waals surface area contributed by atoms with E-state index in [0.29, 0.717) is 18.3 Å². The average Bonchev–Trinajstić information content (AvgIpc) is 3.01. The smallest absolute Gasteiger partial charge is 0.245 e. The topological polar surface area (TPSA) is 64.2 Å². The second-order valence-electron chi connectivity index (χ2n) is 4.36. The van der Waals surface area contributed by atoms with Crippen LogP contribution in [-0.4, -0.2) is 33.7 Å². The molecule has 0 saturated heterocycles. The van der Waals surface area contributed by atoms with E-state index in [9.17, 15) is 4.79 Å². The lowest BCUT2D eigenvalue weighted by molar-refractivity contribution is -0.131. The van der Waals surface area contributed by atoms with E-state index in [0.717, 1.165) is 6.54 Å². The van der Waals surface area contributed by atoms with Gasteiger partial charge in [-0.25, -0.2) is 0 Å². The molecule has 0 radical (unpaired) electrons. The molecule has 90 valence electrons. The number of terminal acetylenes is 1. The maximum absolute atomic E-state index is 12.0. The van der Waals surface area contributed by atoms with Crippen molar-refractivity contribution in [3.8, 4) is 12.3 Å². The van der Waals surface area contributed by atoms with E-state index < -0.39 is 0 Å². The highest BCUT2D eigenvalue weighted by Gasteiger charge is 2.26. The van der Waals surface area contributed by atoms with E-state index >= 15 is 0 Å². The predicted molar refractivity (Wildman–Crippen MR) is 64.8 cm³/mol. The Labute approximate surface area is 101 Å². The summed E-state index contributed by atoms with van der Waals surface area (Å²) in [7, 11) is 0. The molecule has 1 aromatic rings. The van der Waals surface area contributed by atoms with Gasteiger partial charge in [-0.15, -0.1) is 6.42 Å². The molecule has 2 rings (SSSR count). The Morgan fingerprint density at radius 3 is 3.00 bits per heavy atom. The number of rotatable bonds is 5. The maximum atomic E-state index is 12.0. The second-order valence-corrected chi connectivity index (χ2v) is 4.36. The largest absolute Gasteiger partial charge is 0.382 e. The first-order valence-corrected chi connectivity index (χ1v) is 5.69. The molecule has 1 heterocycles. The summed E-state index contributed by atoms with van der Waals surface area (Å²) in [5, 5.41) is 3.98. The number of hydrogen-bond acceptors (Lipinski definition) is 3. The van der Waals surface area contributed by atoms with Crippen LogP contribution in [-0.2, 0) is 11.3 Å². The fraction of sp³-hybridized carbons (Fsp3) is 0.500. The predicted octanol–water partition coefficient (Wildman–Crippen LogP) is 0.337. The molecule has 1 fully saturated rings. The Balaban J connectivity index is 1.93. The van der Waals surface area contributed by atoms with E-state index in [1.807, 2.05) is 0 Å². The van der Waals surface area contributed by atoms with E-state index in [1.165, 1.54) is 17.5 Å². The Morgan fingerprint density at radius 1 is 1.71 bits per heavy atom. The average molecular weight is 232 g/mol. The molecular formula is C12H16N4O. The molecule has 1 aliphatic rings. The number of carbonyl (C=O) groups excluding carboxylic acids is 1. The van der Waals surface area contributed by atoms with Crippen molar-refractivity contribution in [3.05, 3.63) is 12.3 Å². The van der Waals surface area contributed by atoms with Crippen LogP contribution < -0.4 is 5.73 Å². The monoisotopic (exact) mass is 232 g/mol. The van der Waals surface area contributed by atoms with Crippen molar-refractivity contribution in [1.29, 1.82) is 0 Å². The number of carbonyl (C=O) groups is 1. The molecular weight excluding hydrogens is 216 g/mol. The Bertz CT molecular complexity index is 442. The zero-order chi connectivity index (χ0) is 12.3. The van der Waals surface area contributed by atoms with Crippen LogP contribution in [0, 0.1) is 18.3 Å². The van der Waals surface area contributed by atoms with Gasteiger partial charge < -0.3 is 10.6 Å². The second kappa shape index (κ2) is 4.91. The molecule has 0 aliphatic heterocycles. The van der Waals surface area contributed by atoms with Crippen LogP contribution in [0.4, 0.5) is 5.82 Å². The Morgan fingerprint density at radius 2 is 2.47 bits per heavy atom. The molecule has 1 aromatic heterocycles. The van der Waals surface area contributed by atoms with E-state index in [4.69, 9.17) is 12.2 Å². The number of nitrogens with zero attached hydrogens (tertiary/aromatic N) is 3. The molecule has 1 aliphatic carbocycles. The van der Waals surface area contributed by atoms with Crippen molar-refractivity contribution in [2.24, 2.45) is 5.92 Å². The summed E-state index contributed by atoms with van der Waals surface area (Å²) in [5.41, 5.74) is 5.49. The van der Waals surface area contributed by atoms with Gasteiger partial charge in [0.2, 0.25) is 5.91 Å². The molecule has 2 N–H and O–H groups in total. The highest BCUT2D eigenvalue weighted by atomic mass is 16.2. The quantitative estimate of drug-likeness (QED) is 0.744. The number of amides is 1. The normalized spacial score (nSPS) is 14.3. The fourth-order valence-electron chi connectivity index (χ4n) is 1.68. The van der Waals surface area contributed by atoms with E-state index in [-0.39, 0.29) is 12.5 Å². The molecule has 5 heteroatoms. The van der Waals surface area contributed by atoms with Gasteiger partial charge >= 0.3 is 0 Å². The van der Waals surface area contributed by atoms with Gasteiger partial charge in [-0.05, 0) is 24.8 Å². The third kappa shape index (κ3) is 3.25. The zero-order valence-corrected chi connectivity index (χ0v) is 9.67. The number of nitrogens with two attached hydrogens (primary N) is 1. The molecule has 5 nitrogen and oxygen atoms in total. The summed E-state index contributed by atoms with van der Waals surface area (Å²) < 4.78 is 1.54. The number of aromatic nitrogens is 2. The Kier molecular flexibility index (Phi) is 3.33. The molecule has 0 aromatic carbocycles. The minimum atomic E-state index is -0.00190. The van der Waals surface area contributed by atoms with Crippen molar-refractivity contribution < 1.29 is 4.79 Å². The summed E-state index contributed by atoms with van der Waals surface area (Å²) >= 11 is 0. The molecule has 0 unspecified atom stereocenters. The lowest BCUT2D eigenvalue weighted by atomic mass is 10.3. The molecule has 1 saturated carbocycles. The molecule has 17 heavy (non-hydrogen) atoms. The standard InChI is InChI=1S/C12H16N4O/c1-2-6-15(8-10-3-4-10)12(17)9-16-7-5-11(13)14-16/h1,5,7,10H,3-4,6,8-9H2,(H2,13,14). The van der Waals surface area contributed by atoms with Gasteiger partial charge in [0.15, 0.2) is 0 Å². The van der Waals surface area contributed by atoms with Crippen LogP contribution in [0.5, 0.6) is 0 Å². The van der Waals surface area contributed by atoms with Crippen molar-refractivity contribution in [3.63, 3.8) is 0 Å². The fourth-order valence-corrected chi connectivity index (χ4v) is 1.68. The summed E-state index contributed by atoms with van der Waals surface area (Å²) in [6.45, 7) is 1.33. The zero-order valence-electron chi connectivity index (χ0n) is 9.67. The lowest BCUT2D eigenvalue weighted by Gasteiger charge is -2.19. The summed E-state index contributed by atoms with van der Waals surface area (Å²) in [6.07, 6.45) is 9.36. The number of hydrogen-bond donors (Lipinski definition) is 1. The SMILES string of the molecule is C#CCN(CC1CC1)C(=O)Cn1ccc(N)n1. The first-order valence-electron chi connectivity index (χ1n) is 5.69.